The normalized spacial score (nSPS) is 17.6. The third-order valence-corrected chi connectivity index (χ3v) is 4.57. The SMILES string of the molecule is Nc1cccc(F)c1CSC1CCCCC1. The Labute approximate surface area is 101 Å². The maximum absolute atomic E-state index is 13.5. The molecule has 88 valence electrons. The summed E-state index contributed by atoms with van der Waals surface area (Å²) in [6.45, 7) is 0. The van der Waals surface area contributed by atoms with Crippen molar-refractivity contribution >= 4 is 17.4 Å². The number of benzene rings is 1. The highest BCUT2D eigenvalue weighted by Crippen LogP contribution is 2.32. The number of anilines is 1. The van der Waals surface area contributed by atoms with Crippen molar-refractivity contribution in [1.82, 2.24) is 0 Å². The molecule has 3 heteroatoms. The first-order valence-corrected chi connectivity index (χ1v) is 6.96. The van der Waals surface area contributed by atoms with Crippen LogP contribution in [-0.4, -0.2) is 5.25 Å². The Morgan fingerprint density at radius 1 is 1.25 bits per heavy atom. The van der Waals surface area contributed by atoms with E-state index >= 15 is 0 Å². The molecule has 1 aromatic carbocycles. The number of thioether (sulfide) groups is 1. The lowest BCUT2D eigenvalue weighted by atomic mass is 10.0. The molecule has 0 atom stereocenters. The molecule has 1 saturated carbocycles. The van der Waals surface area contributed by atoms with E-state index < -0.39 is 0 Å². The quantitative estimate of drug-likeness (QED) is 0.808. The minimum Gasteiger partial charge on any atom is -0.398 e. The van der Waals surface area contributed by atoms with Crippen molar-refractivity contribution in [2.75, 3.05) is 5.73 Å². The van der Waals surface area contributed by atoms with E-state index in [9.17, 15) is 4.39 Å². The fourth-order valence-corrected chi connectivity index (χ4v) is 3.53. The molecule has 2 rings (SSSR count). The van der Waals surface area contributed by atoms with Gasteiger partial charge in [-0.2, -0.15) is 11.8 Å². The van der Waals surface area contributed by atoms with E-state index in [1.54, 1.807) is 12.1 Å². The second-order valence-corrected chi connectivity index (χ2v) is 5.67. The Bertz CT molecular complexity index is 328. The van der Waals surface area contributed by atoms with Gasteiger partial charge in [0, 0.05) is 22.3 Å². The van der Waals surface area contributed by atoms with Crippen LogP contribution in [0.1, 0.15) is 37.7 Å². The lowest BCUT2D eigenvalue weighted by Gasteiger charge is -2.21. The summed E-state index contributed by atoms with van der Waals surface area (Å²) in [5.74, 6) is 0.548. The maximum atomic E-state index is 13.5. The Kier molecular flexibility index (Phi) is 4.10. The summed E-state index contributed by atoms with van der Waals surface area (Å²) in [5, 5.41) is 0.702. The molecule has 2 N–H and O–H groups in total. The van der Waals surface area contributed by atoms with Gasteiger partial charge in [0.2, 0.25) is 0 Å². The zero-order chi connectivity index (χ0) is 11.4. The van der Waals surface area contributed by atoms with E-state index in [0.717, 1.165) is 0 Å². The molecule has 1 aliphatic carbocycles. The largest absolute Gasteiger partial charge is 0.398 e. The molecular weight excluding hydrogens is 221 g/mol. The molecule has 0 spiro atoms. The molecule has 1 nitrogen and oxygen atoms in total. The maximum Gasteiger partial charge on any atom is 0.129 e. The van der Waals surface area contributed by atoms with E-state index in [1.807, 2.05) is 11.8 Å². The van der Waals surface area contributed by atoms with E-state index in [0.29, 0.717) is 22.3 Å². The topological polar surface area (TPSA) is 26.0 Å². The molecule has 16 heavy (non-hydrogen) atoms. The highest BCUT2D eigenvalue weighted by molar-refractivity contribution is 7.99. The first-order chi connectivity index (χ1) is 7.77. The van der Waals surface area contributed by atoms with Gasteiger partial charge in [-0.15, -0.1) is 0 Å². The van der Waals surface area contributed by atoms with Crippen LogP contribution in [0.15, 0.2) is 18.2 Å². The highest BCUT2D eigenvalue weighted by atomic mass is 32.2. The second-order valence-electron chi connectivity index (χ2n) is 4.38. The summed E-state index contributed by atoms with van der Waals surface area (Å²) >= 11 is 1.86. The average molecular weight is 239 g/mol. The van der Waals surface area contributed by atoms with Crippen LogP contribution < -0.4 is 5.73 Å². The molecule has 0 amide bonds. The van der Waals surface area contributed by atoms with Gasteiger partial charge < -0.3 is 5.73 Å². The summed E-state index contributed by atoms with van der Waals surface area (Å²) in [5.41, 5.74) is 7.05. The molecule has 0 heterocycles. The van der Waals surface area contributed by atoms with Crippen LogP contribution in [0.2, 0.25) is 0 Å². The first kappa shape index (κ1) is 11.8. The van der Waals surface area contributed by atoms with Gasteiger partial charge in [-0.1, -0.05) is 25.3 Å². The predicted octanol–water partition coefficient (Wildman–Crippen LogP) is 3.97. The summed E-state index contributed by atoms with van der Waals surface area (Å²) in [7, 11) is 0. The highest BCUT2D eigenvalue weighted by Gasteiger charge is 2.15. The molecular formula is C13H18FNS. The molecule has 1 aliphatic rings. The van der Waals surface area contributed by atoms with Crippen LogP contribution in [0.25, 0.3) is 0 Å². The molecule has 0 saturated heterocycles. The van der Waals surface area contributed by atoms with Crippen LogP contribution in [0.4, 0.5) is 10.1 Å². The fourth-order valence-electron chi connectivity index (χ4n) is 2.16. The number of halogens is 1. The minimum atomic E-state index is -0.164. The van der Waals surface area contributed by atoms with Gasteiger partial charge in [-0.25, -0.2) is 4.39 Å². The molecule has 0 aromatic heterocycles. The van der Waals surface area contributed by atoms with Gasteiger partial charge in [-0.05, 0) is 25.0 Å². The number of nitrogen functional groups attached to an aromatic ring is 1. The van der Waals surface area contributed by atoms with Gasteiger partial charge in [0.05, 0.1) is 0 Å². The lowest BCUT2D eigenvalue weighted by molar-refractivity contribution is 0.516. The van der Waals surface area contributed by atoms with E-state index in [-0.39, 0.29) is 5.82 Å². The summed E-state index contributed by atoms with van der Waals surface area (Å²) in [6.07, 6.45) is 6.56. The van der Waals surface area contributed by atoms with Gasteiger partial charge >= 0.3 is 0 Å². The van der Waals surface area contributed by atoms with Crippen LogP contribution >= 0.6 is 11.8 Å². The van der Waals surface area contributed by atoms with Gasteiger partial charge in [-0.3, -0.25) is 0 Å². The van der Waals surface area contributed by atoms with Gasteiger partial charge in [0.1, 0.15) is 5.82 Å². The van der Waals surface area contributed by atoms with Crippen molar-refractivity contribution < 1.29 is 4.39 Å². The Hall–Kier alpha value is -0.700. The fraction of sp³-hybridized carbons (Fsp3) is 0.538. The zero-order valence-electron chi connectivity index (χ0n) is 9.42. The van der Waals surface area contributed by atoms with E-state index in [4.69, 9.17) is 5.73 Å². The monoisotopic (exact) mass is 239 g/mol. The Balaban J connectivity index is 1.93. The standard InChI is InChI=1S/C13H18FNS/c14-12-7-4-8-13(15)11(12)9-16-10-5-2-1-3-6-10/h4,7-8,10H,1-3,5-6,9,15H2. The summed E-state index contributed by atoms with van der Waals surface area (Å²) in [4.78, 5) is 0. The Morgan fingerprint density at radius 2 is 2.00 bits per heavy atom. The average Bonchev–Trinajstić information content (AvgIpc) is 2.30. The van der Waals surface area contributed by atoms with Crippen molar-refractivity contribution in [3.63, 3.8) is 0 Å². The molecule has 1 fully saturated rings. The van der Waals surface area contributed by atoms with E-state index in [1.165, 1.54) is 38.2 Å². The third kappa shape index (κ3) is 2.91. The van der Waals surface area contributed by atoms with Crippen molar-refractivity contribution in [3.05, 3.63) is 29.6 Å². The minimum absolute atomic E-state index is 0.164. The predicted molar refractivity (Wildman–Crippen MR) is 69.0 cm³/mol. The lowest BCUT2D eigenvalue weighted by Crippen LogP contribution is -2.09. The van der Waals surface area contributed by atoms with Crippen molar-refractivity contribution in [2.24, 2.45) is 0 Å². The van der Waals surface area contributed by atoms with Crippen molar-refractivity contribution in [3.8, 4) is 0 Å². The van der Waals surface area contributed by atoms with Gasteiger partial charge in [0.15, 0.2) is 0 Å². The molecule has 0 aliphatic heterocycles. The summed E-state index contributed by atoms with van der Waals surface area (Å²) < 4.78 is 13.5. The van der Waals surface area contributed by atoms with E-state index in [2.05, 4.69) is 0 Å². The zero-order valence-corrected chi connectivity index (χ0v) is 10.2. The smallest absolute Gasteiger partial charge is 0.129 e. The number of hydrogen-bond donors (Lipinski definition) is 1. The van der Waals surface area contributed by atoms with Crippen molar-refractivity contribution in [2.45, 2.75) is 43.1 Å². The van der Waals surface area contributed by atoms with Crippen LogP contribution in [0, 0.1) is 5.82 Å². The number of nitrogens with two attached hydrogens (primary N) is 1. The van der Waals surface area contributed by atoms with Crippen LogP contribution in [0.3, 0.4) is 0 Å². The third-order valence-electron chi connectivity index (χ3n) is 3.17. The van der Waals surface area contributed by atoms with Crippen LogP contribution in [-0.2, 0) is 5.75 Å². The molecule has 0 radical (unpaired) electrons. The molecule has 1 aromatic rings. The van der Waals surface area contributed by atoms with Crippen LogP contribution in [0.5, 0.6) is 0 Å². The first-order valence-electron chi connectivity index (χ1n) is 5.92. The number of hydrogen-bond acceptors (Lipinski definition) is 2. The Morgan fingerprint density at radius 3 is 2.69 bits per heavy atom. The summed E-state index contributed by atoms with van der Waals surface area (Å²) in [6, 6.07) is 4.94. The van der Waals surface area contributed by atoms with Gasteiger partial charge in [0.25, 0.3) is 0 Å². The number of rotatable bonds is 3. The second kappa shape index (κ2) is 5.58. The van der Waals surface area contributed by atoms with Crippen molar-refractivity contribution in [1.29, 1.82) is 0 Å². The molecule has 0 unspecified atom stereocenters. The molecule has 0 bridgehead atoms.